The van der Waals surface area contributed by atoms with Gasteiger partial charge in [-0.1, -0.05) is 116 Å². The first-order valence-corrected chi connectivity index (χ1v) is 38.3. The molecule has 6 rings (SSSR count). The minimum absolute atomic E-state index is 0.00960. The average molecular weight is 1530 g/mol. The van der Waals surface area contributed by atoms with Gasteiger partial charge in [-0.2, -0.15) is 13.2 Å². The maximum absolute atomic E-state index is 15.3. The quantitative estimate of drug-likeness (QED) is 0.151. The summed E-state index contributed by atoms with van der Waals surface area (Å²) in [4.78, 5) is 188. The van der Waals surface area contributed by atoms with Gasteiger partial charge >= 0.3 is 6.18 Å². The highest BCUT2D eigenvalue weighted by atomic mass is 35.5. The number of alkyl halides is 3. The predicted molar refractivity (Wildman–Crippen MR) is 394 cm³/mol. The van der Waals surface area contributed by atoms with E-state index in [-0.39, 0.29) is 101 Å². The molecule has 0 aromatic heterocycles. The van der Waals surface area contributed by atoms with Gasteiger partial charge in [0.15, 0.2) is 0 Å². The Morgan fingerprint density at radius 2 is 1.24 bits per heavy atom. The standard InChI is InChI=1S/C77H115ClF4N12O13/c1-14-50(6)69-76(106)88(9)45-67(98)86(7)46-68(99)91(12)62(40-51-25-17-15-18-26-51)73(103)87(8)44-64(95)84-58(33-31-52-30-32-55(57(79)39-52)77(80,81)82)72(102)94-43-54(107-47-53-27-19-20-28-56(53)78)41-60(94)70(100)83-34-22-21-29-65(96)90(11)61(38-49(4)5)74(104)92(13)63(75(105)93-35-23-16-24-36-93)42-66(97)89(10)59(37-48(2)3)71(101)85-69/h19-20,27-28,30,32,39,48-51,54,58-63,69H,14-18,21-26,29,31,33-38,40-47H2,1-13H3,(H,83,100)(H,84,95)(H,85,101)/t50-,54+,58-,59-,60-,61-,62-,63-,69?/m0/s1. The molecule has 9 atom stereocenters. The minimum atomic E-state index is -5.02. The third-order valence-electron chi connectivity index (χ3n) is 21.4. The highest BCUT2D eigenvalue weighted by molar-refractivity contribution is 6.31. The van der Waals surface area contributed by atoms with E-state index < -0.39 is 169 Å². The van der Waals surface area contributed by atoms with Crippen LogP contribution in [0.15, 0.2) is 42.5 Å². The van der Waals surface area contributed by atoms with Crippen LogP contribution >= 0.6 is 11.6 Å². The first-order valence-electron chi connectivity index (χ1n) is 37.9. The smallest absolute Gasteiger partial charge is 0.372 e. The van der Waals surface area contributed by atoms with Crippen molar-refractivity contribution in [2.75, 3.05) is 95.1 Å². The van der Waals surface area contributed by atoms with Gasteiger partial charge in [0, 0.05) is 93.4 Å². The maximum atomic E-state index is 15.3. The Balaban J connectivity index is 1.38. The van der Waals surface area contributed by atoms with Crippen molar-refractivity contribution in [3.05, 3.63) is 70.0 Å². The molecule has 107 heavy (non-hydrogen) atoms. The van der Waals surface area contributed by atoms with Crippen molar-refractivity contribution in [2.45, 2.75) is 225 Å². The monoisotopic (exact) mass is 1530 g/mol. The van der Waals surface area contributed by atoms with Crippen LogP contribution in [0.4, 0.5) is 17.6 Å². The molecular weight excluding hydrogens is 1410 g/mol. The maximum Gasteiger partial charge on any atom is 0.419 e. The molecule has 1 unspecified atom stereocenters. The first kappa shape index (κ1) is 88.0. The fourth-order valence-electron chi connectivity index (χ4n) is 14.5. The van der Waals surface area contributed by atoms with E-state index in [4.69, 9.17) is 16.3 Å². The van der Waals surface area contributed by atoms with Gasteiger partial charge in [-0.05, 0) is 117 Å². The van der Waals surface area contributed by atoms with Gasteiger partial charge in [0.2, 0.25) is 70.9 Å². The van der Waals surface area contributed by atoms with Crippen LogP contribution in [0.25, 0.3) is 0 Å². The van der Waals surface area contributed by atoms with Crippen LogP contribution in [0, 0.1) is 29.5 Å². The molecule has 2 aromatic carbocycles. The molecule has 0 radical (unpaired) electrons. The lowest BCUT2D eigenvalue weighted by atomic mass is 9.84. The molecule has 12 amide bonds. The number of nitrogens with one attached hydrogen (secondary N) is 3. The number of halogens is 5. The number of hydrogen-bond acceptors (Lipinski definition) is 13. The molecule has 1 saturated carbocycles. The topological polar surface area (TPSA) is 279 Å². The van der Waals surface area contributed by atoms with E-state index in [1.807, 2.05) is 34.6 Å². The summed E-state index contributed by atoms with van der Waals surface area (Å²) in [5, 5.41) is 8.86. The molecule has 25 nitrogen and oxygen atoms in total. The average Bonchev–Trinajstić information content (AvgIpc) is 1.79. The van der Waals surface area contributed by atoms with Crippen molar-refractivity contribution in [2.24, 2.45) is 23.7 Å². The van der Waals surface area contributed by atoms with E-state index in [1.54, 1.807) is 36.1 Å². The van der Waals surface area contributed by atoms with E-state index in [0.29, 0.717) is 55.1 Å². The highest BCUT2D eigenvalue weighted by Crippen LogP contribution is 2.34. The van der Waals surface area contributed by atoms with Crippen LogP contribution in [0.5, 0.6) is 0 Å². The molecule has 3 heterocycles. The highest BCUT2D eigenvalue weighted by Gasteiger charge is 2.45. The van der Waals surface area contributed by atoms with Gasteiger partial charge in [-0.25, -0.2) is 4.39 Å². The number of hydrogen-bond donors (Lipinski definition) is 3. The third kappa shape index (κ3) is 25.0. The summed E-state index contributed by atoms with van der Waals surface area (Å²) >= 11 is 6.50. The number of likely N-dealkylation sites (tertiary alicyclic amines) is 1. The van der Waals surface area contributed by atoms with Gasteiger partial charge < -0.3 is 64.8 Å². The van der Waals surface area contributed by atoms with Gasteiger partial charge in [-0.3, -0.25) is 57.5 Å². The van der Waals surface area contributed by atoms with Gasteiger partial charge in [0.25, 0.3) is 0 Å². The van der Waals surface area contributed by atoms with Crippen LogP contribution in [-0.2, 0) is 81.5 Å². The first-order chi connectivity index (χ1) is 50.4. The van der Waals surface area contributed by atoms with Crippen molar-refractivity contribution in [1.82, 2.24) is 60.0 Å². The second kappa shape index (κ2) is 41.0. The van der Waals surface area contributed by atoms with Crippen molar-refractivity contribution in [3.63, 3.8) is 0 Å². The second-order valence-electron chi connectivity index (χ2n) is 30.6. The van der Waals surface area contributed by atoms with Gasteiger partial charge in [-0.15, -0.1) is 0 Å². The van der Waals surface area contributed by atoms with Crippen LogP contribution in [0.2, 0.25) is 5.02 Å². The molecule has 4 aliphatic rings. The molecule has 2 aromatic rings. The molecule has 1 aliphatic carbocycles. The van der Waals surface area contributed by atoms with Gasteiger partial charge in [0.05, 0.1) is 44.3 Å². The third-order valence-corrected chi connectivity index (χ3v) is 21.8. The Morgan fingerprint density at radius 1 is 0.636 bits per heavy atom. The van der Waals surface area contributed by atoms with E-state index in [9.17, 15) is 61.1 Å². The number of amides is 12. The molecule has 0 bridgehead atoms. The molecule has 4 fully saturated rings. The van der Waals surface area contributed by atoms with E-state index >= 15 is 14.0 Å². The Kier molecular flexibility index (Phi) is 33.7. The van der Waals surface area contributed by atoms with Crippen LogP contribution in [-0.4, -0.2) is 259 Å². The Labute approximate surface area is 633 Å². The number of likely N-dealkylation sites (N-methyl/N-ethyl adjacent to an activating group) is 7. The summed E-state index contributed by atoms with van der Waals surface area (Å²) in [6.07, 6.45) is 0.606. The fourth-order valence-corrected chi connectivity index (χ4v) is 14.7. The summed E-state index contributed by atoms with van der Waals surface area (Å²) in [5.41, 5.74) is -0.871. The van der Waals surface area contributed by atoms with Crippen LogP contribution in [0.1, 0.15) is 174 Å². The van der Waals surface area contributed by atoms with Crippen LogP contribution in [0.3, 0.4) is 0 Å². The lowest BCUT2D eigenvalue weighted by Gasteiger charge is -2.38. The summed E-state index contributed by atoms with van der Waals surface area (Å²) in [6.45, 7) is 9.74. The number of nitrogens with zero attached hydrogens (tertiary/aromatic N) is 9. The largest absolute Gasteiger partial charge is 0.419 e. The van der Waals surface area contributed by atoms with Crippen molar-refractivity contribution in [1.29, 1.82) is 0 Å². The zero-order chi connectivity index (χ0) is 79.3. The lowest BCUT2D eigenvalue weighted by molar-refractivity contribution is -0.153. The molecular formula is C77H115ClF4N12O13. The molecule has 3 aliphatic heterocycles. The predicted octanol–water partition coefficient (Wildman–Crippen LogP) is 7.08. The number of benzene rings is 2. The lowest BCUT2D eigenvalue weighted by Crippen LogP contribution is -2.59. The Morgan fingerprint density at radius 3 is 1.87 bits per heavy atom. The number of rotatable bonds is 15. The second-order valence-corrected chi connectivity index (χ2v) is 31.0. The molecule has 30 heteroatoms. The summed E-state index contributed by atoms with van der Waals surface area (Å²) < 4.78 is 62.7. The zero-order valence-corrected chi connectivity index (χ0v) is 65.5. The Hall–Kier alpha value is -7.95. The Bertz CT molecular complexity index is 3430. The molecule has 0 spiro atoms. The van der Waals surface area contributed by atoms with Crippen molar-refractivity contribution >= 4 is 82.5 Å². The molecule has 3 saturated heterocycles. The van der Waals surface area contributed by atoms with E-state index in [2.05, 4.69) is 16.0 Å². The van der Waals surface area contributed by atoms with E-state index in [0.717, 1.165) is 59.3 Å². The summed E-state index contributed by atoms with van der Waals surface area (Å²) in [5.74, 6) is -10.3. The van der Waals surface area contributed by atoms with Crippen molar-refractivity contribution < 1.29 is 79.8 Å². The SMILES string of the molecule is CC[C@H](C)C1NC(=O)[C@H](CC(C)C)N(C)C(=O)C[C@@H](C(=O)N2CCCCC2)N(C)C(=O)[C@H](CC(C)C)N(C)C(=O)CCCCNC(=O)[C@@H]2C[C@@H](OCc3ccccc3Cl)CN2C(=O)[C@H](CCc2ccc(C(F)(F)F)c(F)c2)NC(=O)CN(C)C(=O)[C@H](CC2CCCCC2)N(C)C(=O)CN(C)C(=O)CN(C)C1=O. The minimum Gasteiger partial charge on any atom is -0.372 e. The fraction of sp³-hybridized carbons (Fsp3) is 0.688. The number of piperidine rings is 1. The van der Waals surface area contributed by atoms with Crippen molar-refractivity contribution in [3.8, 4) is 0 Å². The summed E-state index contributed by atoms with van der Waals surface area (Å²) in [7, 11) is 9.83. The molecule has 596 valence electrons. The summed E-state index contributed by atoms with van der Waals surface area (Å²) in [6, 6.07) is 0.324. The van der Waals surface area contributed by atoms with Gasteiger partial charge in [0.1, 0.15) is 48.1 Å². The zero-order valence-electron chi connectivity index (χ0n) is 64.8. The number of fused-ring (bicyclic) bond motifs is 1. The normalized spacial score (nSPS) is 24.9. The number of carbonyl (C=O) groups excluding carboxylic acids is 12. The molecule has 3 N–H and O–H groups in total. The number of carbonyl (C=O) groups is 12. The van der Waals surface area contributed by atoms with E-state index in [1.165, 1.54) is 73.8 Å². The number of ether oxygens (including phenoxy) is 1. The van der Waals surface area contributed by atoms with Crippen LogP contribution < -0.4 is 16.0 Å². The number of aryl methyl sites for hydroxylation is 1.